The van der Waals surface area contributed by atoms with Crippen LogP contribution in [0.15, 0.2) is 18.2 Å². The van der Waals surface area contributed by atoms with E-state index in [0.717, 1.165) is 5.56 Å². The average molecular weight is 306 g/mol. The van der Waals surface area contributed by atoms with Crippen LogP contribution in [0.25, 0.3) is 0 Å². The highest BCUT2D eigenvalue weighted by molar-refractivity contribution is 5.96. The minimum atomic E-state index is -0.204. The number of aliphatic hydroxyl groups excluding tert-OH is 1. The molecule has 6 nitrogen and oxygen atoms in total. The fraction of sp³-hybridized carbons (Fsp3) is 0.500. The molecule has 0 saturated carbocycles. The first-order chi connectivity index (χ1) is 10.5. The van der Waals surface area contributed by atoms with Gasteiger partial charge < -0.3 is 20.1 Å². The highest BCUT2D eigenvalue weighted by Crippen LogP contribution is 2.23. The molecule has 1 aliphatic rings. The van der Waals surface area contributed by atoms with Crippen molar-refractivity contribution in [2.24, 2.45) is 5.92 Å². The molecular formula is C16H22N2O4. The Kier molecular flexibility index (Phi) is 5.03. The fourth-order valence-electron chi connectivity index (χ4n) is 2.82. The van der Waals surface area contributed by atoms with Crippen LogP contribution in [-0.2, 0) is 4.79 Å². The number of hydrogen-bond acceptors (Lipinski definition) is 4. The molecular weight excluding hydrogens is 284 g/mol. The summed E-state index contributed by atoms with van der Waals surface area (Å²) in [6, 6.07) is 5.12. The molecule has 1 fully saturated rings. The van der Waals surface area contributed by atoms with Crippen molar-refractivity contribution in [3.8, 4) is 5.75 Å². The lowest BCUT2D eigenvalue weighted by atomic mass is 10.1. The summed E-state index contributed by atoms with van der Waals surface area (Å²) in [5.41, 5.74) is 1.45. The van der Waals surface area contributed by atoms with Crippen molar-refractivity contribution in [3.63, 3.8) is 0 Å². The topological polar surface area (TPSA) is 78.9 Å². The predicted octanol–water partition coefficient (Wildman–Crippen LogP) is 0.573. The van der Waals surface area contributed by atoms with E-state index in [1.807, 2.05) is 13.0 Å². The highest BCUT2D eigenvalue weighted by Gasteiger charge is 2.35. The van der Waals surface area contributed by atoms with E-state index < -0.39 is 0 Å². The Balaban J connectivity index is 2.15. The Hall–Kier alpha value is -2.08. The fourth-order valence-corrected chi connectivity index (χ4v) is 2.82. The Bertz CT molecular complexity index is 573. The van der Waals surface area contributed by atoms with Gasteiger partial charge in [0.25, 0.3) is 5.91 Å². The van der Waals surface area contributed by atoms with Crippen LogP contribution in [0, 0.1) is 12.8 Å². The Labute approximate surface area is 130 Å². The van der Waals surface area contributed by atoms with Gasteiger partial charge in [-0.15, -0.1) is 0 Å². The molecule has 1 aromatic carbocycles. The molecule has 0 aliphatic carbocycles. The Morgan fingerprint density at radius 2 is 2.14 bits per heavy atom. The van der Waals surface area contributed by atoms with Crippen LogP contribution >= 0.6 is 0 Å². The lowest BCUT2D eigenvalue weighted by Gasteiger charge is -2.18. The number of carbonyl (C=O) groups excluding carboxylic acids is 2. The van der Waals surface area contributed by atoms with Crippen LogP contribution in [0.1, 0.15) is 22.8 Å². The molecule has 0 aromatic heterocycles. The van der Waals surface area contributed by atoms with Crippen molar-refractivity contribution in [2.75, 3.05) is 26.8 Å². The molecule has 0 bridgehead atoms. The molecule has 2 N–H and O–H groups in total. The largest absolute Gasteiger partial charge is 0.497 e. The number of rotatable bonds is 4. The summed E-state index contributed by atoms with van der Waals surface area (Å²) in [4.78, 5) is 25.6. The smallest absolute Gasteiger partial charge is 0.254 e. The van der Waals surface area contributed by atoms with E-state index in [9.17, 15) is 14.7 Å². The van der Waals surface area contributed by atoms with Crippen LogP contribution in [0.5, 0.6) is 5.75 Å². The summed E-state index contributed by atoms with van der Waals surface area (Å²) >= 11 is 0. The second-order valence-corrected chi connectivity index (χ2v) is 5.64. The average Bonchev–Trinajstić information content (AvgIpc) is 2.88. The molecule has 1 heterocycles. The number of aryl methyl sites for hydroxylation is 1. The molecule has 2 atom stereocenters. The third-order valence-corrected chi connectivity index (χ3v) is 4.02. The summed E-state index contributed by atoms with van der Waals surface area (Å²) in [6.07, 6.45) is 0. The van der Waals surface area contributed by atoms with Crippen molar-refractivity contribution >= 4 is 11.8 Å². The summed E-state index contributed by atoms with van der Waals surface area (Å²) in [6.45, 7) is 4.09. The summed E-state index contributed by atoms with van der Waals surface area (Å²) in [5, 5.41) is 12.2. The normalized spacial score (nSPS) is 20.8. The van der Waals surface area contributed by atoms with Gasteiger partial charge in [-0.05, 0) is 30.7 Å². The number of carbonyl (C=O) groups is 2. The van der Waals surface area contributed by atoms with Gasteiger partial charge in [-0.2, -0.15) is 0 Å². The lowest BCUT2D eigenvalue weighted by molar-refractivity contribution is -0.119. The van der Waals surface area contributed by atoms with Gasteiger partial charge >= 0.3 is 0 Å². The van der Waals surface area contributed by atoms with E-state index >= 15 is 0 Å². The number of aliphatic hydroxyl groups is 1. The second-order valence-electron chi connectivity index (χ2n) is 5.64. The number of benzene rings is 1. The predicted molar refractivity (Wildman–Crippen MR) is 81.8 cm³/mol. The van der Waals surface area contributed by atoms with Crippen molar-refractivity contribution in [1.29, 1.82) is 0 Å². The van der Waals surface area contributed by atoms with Gasteiger partial charge in [0, 0.05) is 38.1 Å². The second kappa shape index (κ2) is 6.79. The maximum atomic E-state index is 12.7. The molecule has 120 valence electrons. The summed E-state index contributed by atoms with van der Waals surface area (Å²) < 4.78 is 5.15. The monoisotopic (exact) mass is 306 g/mol. The molecule has 22 heavy (non-hydrogen) atoms. The maximum absolute atomic E-state index is 12.7. The molecule has 2 amide bonds. The van der Waals surface area contributed by atoms with E-state index in [2.05, 4.69) is 5.32 Å². The van der Waals surface area contributed by atoms with Crippen molar-refractivity contribution < 1.29 is 19.4 Å². The van der Waals surface area contributed by atoms with Gasteiger partial charge in [0.05, 0.1) is 13.2 Å². The standard InChI is InChI=1S/C16H22N2O4/c1-10-6-13(22-3)4-5-14(10)16(21)18-7-12(9-19)15(8-18)17-11(2)20/h4-6,12,15,19H,7-9H2,1-3H3,(H,17,20)/t12-,15+/m0/s1. The molecule has 0 spiro atoms. The maximum Gasteiger partial charge on any atom is 0.254 e. The van der Waals surface area contributed by atoms with E-state index in [1.165, 1.54) is 6.92 Å². The van der Waals surface area contributed by atoms with Crippen LogP contribution in [0.4, 0.5) is 0 Å². The van der Waals surface area contributed by atoms with Crippen molar-refractivity contribution in [2.45, 2.75) is 19.9 Å². The first-order valence-corrected chi connectivity index (χ1v) is 7.28. The Morgan fingerprint density at radius 3 is 2.68 bits per heavy atom. The summed E-state index contributed by atoms with van der Waals surface area (Å²) in [7, 11) is 1.58. The third-order valence-electron chi connectivity index (χ3n) is 4.02. The van der Waals surface area contributed by atoms with E-state index in [4.69, 9.17) is 4.74 Å². The van der Waals surface area contributed by atoms with E-state index in [0.29, 0.717) is 24.4 Å². The number of likely N-dealkylation sites (tertiary alicyclic amines) is 1. The van der Waals surface area contributed by atoms with Gasteiger partial charge in [-0.3, -0.25) is 9.59 Å². The van der Waals surface area contributed by atoms with Crippen LogP contribution in [0.2, 0.25) is 0 Å². The molecule has 1 saturated heterocycles. The molecule has 1 aliphatic heterocycles. The molecule has 0 radical (unpaired) electrons. The first-order valence-electron chi connectivity index (χ1n) is 7.28. The third kappa shape index (κ3) is 3.39. The van der Waals surface area contributed by atoms with Crippen molar-refractivity contribution in [1.82, 2.24) is 10.2 Å². The minimum absolute atomic E-state index is 0.0592. The van der Waals surface area contributed by atoms with Crippen LogP contribution in [-0.4, -0.2) is 54.7 Å². The van der Waals surface area contributed by atoms with Gasteiger partial charge in [0.1, 0.15) is 5.75 Å². The van der Waals surface area contributed by atoms with E-state index in [-0.39, 0.29) is 30.4 Å². The van der Waals surface area contributed by atoms with Crippen molar-refractivity contribution in [3.05, 3.63) is 29.3 Å². The number of nitrogens with zero attached hydrogens (tertiary/aromatic N) is 1. The lowest BCUT2D eigenvalue weighted by Crippen LogP contribution is -2.40. The molecule has 6 heteroatoms. The highest BCUT2D eigenvalue weighted by atomic mass is 16.5. The van der Waals surface area contributed by atoms with Gasteiger partial charge in [-0.25, -0.2) is 0 Å². The number of hydrogen-bond donors (Lipinski definition) is 2. The number of methoxy groups -OCH3 is 1. The van der Waals surface area contributed by atoms with Gasteiger partial charge in [0.2, 0.25) is 5.91 Å². The SMILES string of the molecule is COc1ccc(C(=O)N2C[C@@H](CO)[C@H](NC(C)=O)C2)c(C)c1. The zero-order chi connectivity index (χ0) is 16.3. The number of ether oxygens (including phenoxy) is 1. The van der Waals surface area contributed by atoms with Crippen LogP contribution < -0.4 is 10.1 Å². The zero-order valence-corrected chi connectivity index (χ0v) is 13.1. The number of nitrogens with one attached hydrogen (secondary N) is 1. The van der Waals surface area contributed by atoms with Crippen LogP contribution in [0.3, 0.4) is 0 Å². The quantitative estimate of drug-likeness (QED) is 0.852. The molecule has 0 unspecified atom stereocenters. The molecule has 1 aromatic rings. The first kappa shape index (κ1) is 16.3. The Morgan fingerprint density at radius 1 is 1.41 bits per heavy atom. The minimum Gasteiger partial charge on any atom is -0.497 e. The van der Waals surface area contributed by atoms with Gasteiger partial charge in [0.15, 0.2) is 0 Å². The number of amides is 2. The van der Waals surface area contributed by atoms with E-state index in [1.54, 1.807) is 24.1 Å². The molecule has 2 rings (SSSR count). The van der Waals surface area contributed by atoms with Gasteiger partial charge in [-0.1, -0.05) is 0 Å². The zero-order valence-electron chi connectivity index (χ0n) is 13.1. The summed E-state index contributed by atoms with van der Waals surface area (Å²) in [5.74, 6) is 0.330.